The molecule has 1 fully saturated rings. The number of hydrogen-bond donors (Lipinski definition) is 0. The van der Waals surface area contributed by atoms with Gasteiger partial charge in [0.25, 0.3) is 0 Å². The van der Waals surface area contributed by atoms with Gasteiger partial charge >= 0.3 is 0 Å². The molecule has 3 heteroatoms. The van der Waals surface area contributed by atoms with Crippen molar-refractivity contribution >= 4 is 33.0 Å². The quantitative estimate of drug-likeness (QED) is 0.805. The first-order chi connectivity index (χ1) is 7.79. The third kappa shape index (κ3) is 1.59. The van der Waals surface area contributed by atoms with Gasteiger partial charge in [-0.2, -0.15) is 0 Å². The molecule has 2 nitrogen and oxygen atoms in total. The molecule has 1 aliphatic carbocycles. The van der Waals surface area contributed by atoms with Gasteiger partial charge in [0.2, 0.25) is 0 Å². The Hall–Kier alpha value is -1.09. The number of hydrogen-bond acceptors (Lipinski definition) is 1. The number of allylic oxidation sites excluding steroid dienone is 1. The van der Waals surface area contributed by atoms with Crippen LogP contribution in [0.15, 0.2) is 29.0 Å². The van der Waals surface area contributed by atoms with Gasteiger partial charge in [-0.1, -0.05) is 18.2 Å². The highest BCUT2D eigenvalue weighted by Crippen LogP contribution is 2.40. The Morgan fingerprint density at radius 2 is 2.25 bits per heavy atom. The second kappa shape index (κ2) is 3.74. The molecule has 1 aliphatic rings. The SMILES string of the molecule is C/C=C/c1ccc2nc(Br)n(C3CC3)c2c1. The lowest BCUT2D eigenvalue weighted by molar-refractivity contribution is 0.745. The van der Waals surface area contributed by atoms with Crippen LogP contribution in [0.3, 0.4) is 0 Å². The van der Waals surface area contributed by atoms with Gasteiger partial charge in [0, 0.05) is 6.04 Å². The molecule has 1 saturated carbocycles. The molecule has 0 N–H and O–H groups in total. The van der Waals surface area contributed by atoms with E-state index in [1.54, 1.807) is 0 Å². The van der Waals surface area contributed by atoms with E-state index in [1.165, 1.54) is 23.9 Å². The van der Waals surface area contributed by atoms with Crippen molar-refractivity contribution in [3.05, 3.63) is 34.6 Å². The van der Waals surface area contributed by atoms with Gasteiger partial charge < -0.3 is 4.57 Å². The fraction of sp³-hybridized carbons (Fsp3) is 0.308. The molecule has 16 heavy (non-hydrogen) atoms. The van der Waals surface area contributed by atoms with E-state index in [0.717, 1.165) is 10.3 Å². The Morgan fingerprint density at radius 3 is 2.94 bits per heavy atom. The highest BCUT2D eigenvalue weighted by atomic mass is 79.9. The molecule has 0 bridgehead atoms. The van der Waals surface area contributed by atoms with E-state index in [1.807, 2.05) is 6.92 Å². The average Bonchev–Trinajstić information content (AvgIpc) is 3.02. The minimum absolute atomic E-state index is 0.653. The Morgan fingerprint density at radius 1 is 1.44 bits per heavy atom. The van der Waals surface area contributed by atoms with Crippen molar-refractivity contribution in [1.82, 2.24) is 9.55 Å². The Labute approximate surface area is 103 Å². The van der Waals surface area contributed by atoms with Crippen LogP contribution in [0.25, 0.3) is 17.1 Å². The lowest BCUT2D eigenvalue weighted by atomic mass is 10.2. The predicted octanol–water partition coefficient (Wildman–Crippen LogP) is 4.17. The highest BCUT2D eigenvalue weighted by molar-refractivity contribution is 9.10. The van der Waals surface area contributed by atoms with Gasteiger partial charge in [-0.05, 0) is 53.4 Å². The van der Waals surface area contributed by atoms with Crippen LogP contribution >= 0.6 is 15.9 Å². The predicted molar refractivity (Wildman–Crippen MR) is 70.4 cm³/mol. The van der Waals surface area contributed by atoms with Gasteiger partial charge in [-0.25, -0.2) is 4.98 Å². The van der Waals surface area contributed by atoms with Crippen molar-refractivity contribution in [3.8, 4) is 0 Å². The molecule has 0 amide bonds. The first kappa shape index (κ1) is 10.1. The number of rotatable bonds is 2. The van der Waals surface area contributed by atoms with Crippen molar-refractivity contribution in [2.75, 3.05) is 0 Å². The van der Waals surface area contributed by atoms with Crippen LogP contribution in [0.2, 0.25) is 0 Å². The Kier molecular flexibility index (Phi) is 2.36. The second-order valence-electron chi connectivity index (χ2n) is 4.23. The maximum Gasteiger partial charge on any atom is 0.178 e. The number of benzene rings is 1. The van der Waals surface area contributed by atoms with Crippen molar-refractivity contribution < 1.29 is 0 Å². The normalized spacial score (nSPS) is 16.4. The lowest BCUT2D eigenvalue weighted by Crippen LogP contribution is -1.93. The Bertz CT molecular complexity index is 565. The van der Waals surface area contributed by atoms with Crippen LogP contribution in [0, 0.1) is 0 Å². The largest absolute Gasteiger partial charge is 0.315 e. The smallest absolute Gasteiger partial charge is 0.178 e. The van der Waals surface area contributed by atoms with Gasteiger partial charge in [-0.3, -0.25) is 0 Å². The van der Waals surface area contributed by atoms with E-state index in [9.17, 15) is 0 Å². The van der Waals surface area contributed by atoms with Gasteiger partial charge in [0.1, 0.15) is 0 Å². The summed E-state index contributed by atoms with van der Waals surface area (Å²) in [7, 11) is 0. The monoisotopic (exact) mass is 276 g/mol. The minimum Gasteiger partial charge on any atom is -0.315 e. The molecule has 2 aromatic rings. The second-order valence-corrected chi connectivity index (χ2v) is 4.94. The molecule has 1 aromatic carbocycles. The zero-order valence-corrected chi connectivity index (χ0v) is 10.7. The zero-order chi connectivity index (χ0) is 11.1. The third-order valence-corrected chi connectivity index (χ3v) is 3.50. The van der Waals surface area contributed by atoms with E-state index in [2.05, 4.69) is 55.8 Å². The number of fused-ring (bicyclic) bond motifs is 1. The van der Waals surface area contributed by atoms with Crippen LogP contribution in [0.4, 0.5) is 0 Å². The van der Waals surface area contributed by atoms with E-state index in [0.29, 0.717) is 6.04 Å². The number of nitrogens with zero attached hydrogens (tertiary/aromatic N) is 2. The summed E-state index contributed by atoms with van der Waals surface area (Å²) < 4.78 is 3.27. The topological polar surface area (TPSA) is 17.8 Å². The molecule has 82 valence electrons. The first-order valence-corrected chi connectivity index (χ1v) is 6.39. The van der Waals surface area contributed by atoms with Crippen LogP contribution in [0.1, 0.15) is 31.4 Å². The van der Waals surface area contributed by atoms with Crippen molar-refractivity contribution in [1.29, 1.82) is 0 Å². The van der Waals surface area contributed by atoms with Gasteiger partial charge in [0.15, 0.2) is 4.73 Å². The summed E-state index contributed by atoms with van der Waals surface area (Å²) in [4.78, 5) is 4.53. The van der Waals surface area contributed by atoms with Crippen LogP contribution in [-0.4, -0.2) is 9.55 Å². The van der Waals surface area contributed by atoms with Crippen LogP contribution in [0.5, 0.6) is 0 Å². The molecule has 0 radical (unpaired) electrons. The standard InChI is InChI=1S/C13H13BrN2/c1-2-3-9-4-7-11-12(8-9)16(10-5-6-10)13(14)15-11/h2-4,7-8,10H,5-6H2,1H3/b3-2+. The summed E-state index contributed by atoms with van der Waals surface area (Å²) in [6.07, 6.45) is 6.74. The fourth-order valence-corrected chi connectivity index (χ4v) is 2.73. The molecular weight excluding hydrogens is 264 g/mol. The maximum absolute atomic E-state index is 4.53. The summed E-state index contributed by atoms with van der Waals surface area (Å²) in [5.41, 5.74) is 3.56. The van der Waals surface area contributed by atoms with E-state index >= 15 is 0 Å². The maximum atomic E-state index is 4.53. The molecule has 0 saturated heterocycles. The van der Waals surface area contributed by atoms with Crippen LogP contribution in [-0.2, 0) is 0 Å². The number of aromatic nitrogens is 2. The lowest BCUT2D eigenvalue weighted by Gasteiger charge is -2.03. The highest BCUT2D eigenvalue weighted by Gasteiger charge is 2.27. The van der Waals surface area contributed by atoms with E-state index in [-0.39, 0.29) is 0 Å². The first-order valence-electron chi connectivity index (χ1n) is 5.60. The number of imidazole rings is 1. The molecule has 0 unspecified atom stereocenters. The van der Waals surface area contributed by atoms with Crippen molar-refractivity contribution in [2.24, 2.45) is 0 Å². The van der Waals surface area contributed by atoms with Crippen molar-refractivity contribution in [2.45, 2.75) is 25.8 Å². The molecular formula is C13H13BrN2. The minimum atomic E-state index is 0.653. The Balaban J connectivity index is 2.22. The van der Waals surface area contributed by atoms with E-state index in [4.69, 9.17) is 0 Å². The number of halogens is 1. The summed E-state index contributed by atoms with van der Waals surface area (Å²) in [6.45, 7) is 2.04. The summed E-state index contributed by atoms with van der Waals surface area (Å²) in [6, 6.07) is 7.07. The average molecular weight is 277 g/mol. The van der Waals surface area contributed by atoms with Crippen LogP contribution < -0.4 is 0 Å². The molecule has 3 rings (SSSR count). The fourth-order valence-electron chi connectivity index (χ4n) is 2.06. The molecule has 1 heterocycles. The third-order valence-electron chi connectivity index (χ3n) is 2.94. The van der Waals surface area contributed by atoms with Gasteiger partial charge in [-0.15, -0.1) is 0 Å². The molecule has 1 aromatic heterocycles. The zero-order valence-electron chi connectivity index (χ0n) is 9.15. The molecule has 0 spiro atoms. The molecule has 0 aliphatic heterocycles. The molecule has 0 atom stereocenters. The van der Waals surface area contributed by atoms with Crippen molar-refractivity contribution in [3.63, 3.8) is 0 Å². The van der Waals surface area contributed by atoms with Gasteiger partial charge in [0.05, 0.1) is 11.0 Å². The summed E-state index contributed by atoms with van der Waals surface area (Å²) >= 11 is 3.55. The van der Waals surface area contributed by atoms with E-state index < -0.39 is 0 Å². The summed E-state index contributed by atoms with van der Waals surface area (Å²) in [5, 5.41) is 0. The summed E-state index contributed by atoms with van der Waals surface area (Å²) in [5.74, 6) is 0.